The van der Waals surface area contributed by atoms with Gasteiger partial charge in [-0.1, -0.05) is 6.07 Å². The number of esters is 1. The van der Waals surface area contributed by atoms with Crippen LogP contribution in [0.1, 0.15) is 6.92 Å². The molecule has 0 N–H and O–H groups in total. The second-order valence-electron chi connectivity index (χ2n) is 3.68. The Morgan fingerprint density at radius 1 is 1.16 bits per heavy atom. The number of benzene rings is 1. The van der Waals surface area contributed by atoms with Crippen molar-refractivity contribution in [2.45, 2.75) is 6.92 Å². The molecule has 104 valence electrons. The second-order valence-corrected chi connectivity index (χ2v) is 3.68. The van der Waals surface area contributed by atoms with Crippen molar-refractivity contribution in [2.24, 2.45) is 0 Å². The van der Waals surface area contributed by atoms with Crippen LogP contribution in [0.3, 0.4) is 0 Å². The number of methoxy groups -OCH3 is 3. The topological polar surface area (TPSA) is 54.0 Å². The minimum atomic E-state index is -0.379. The van der Waals surface area contributed by atoms with E-state index >= 15 is 0 Å². The van der Waals surface area contributed by atoms with E-state index in [1.54, 1.807) is 45.4 Å². The number of ether oxygens (including phenoxy) is 4. The van der Waals surface area contributed by atoms with Crippen LogP contribution in [0.15, 0.2) is 29.8 Å². The Morgan fingerprint density at radius 2 is 1.74 bits per heavy atom. The van der Waals surface area contributed by atoms with Crippen molar-refractivity contribution in [2.75, 3.05) is 27.9 Å². The zero-order valence-electron chi connectivity index (χ0n) is 11.6. The third-order valence-electron chi connectivity index (χ3n) is 2.51. The third kappa shape index (κ3) is 3.91. The van der Waals surface area contributed by atoms with Crippen LogP contribution in [0.5, 0.6) is 17.2 Å². The molecule has 0 aromatic heterocycles. The standard InChI is InChI=1S/C14H18O5/c1-10(14(15)18-4)8-9-19-13-11(16-2)6-5-7-12(13)17-3/h5-8H,9H2,1-4H3. The van der Waals surface area contributed by atoms with Crippen LogP contribution in [-0.2, 0) is 9.53 Å². The average molecular weight is 266 g/mol. The normalized spacial score (nSPS) is 10.8. The molecule has 0 heterocycles. The quantitative estimate of drug-likeness (QED) is 0.583. The van der Waals surface area contributed by atoms with E-state index in [1.807, 2.05) is 0 Å². The lowest BCUT2D eigenvalue weighted by molar-refractivity contribution is -0.136. The molecule has 0 radical (unpaired) electrons. The molecule has 0 saturated heterocycles. The first kappa shape index (κ1) is 14.9. The molecule has 0 aliphatic carbocycles. The molecular weight excluding hydrogens is 248 g/mol. The minimum Gasteiger partial charge on any atom is -0.493 e. The lowest BCUT2D eigenvalue weighted by Gasteiger charge is -2.13. The van der Waals surface area contributed by atoms with Gasteiger partial charge < -0.3 is 18.9 Å². The summed E-state index contributed by atoms with van der Waals surface area (Å²) in [6.45, 7) is 1.88. The van der Waals surface area contributed by atoms with E-state index in [9.17, 15) is 4.79 Å². The SMILES string of the molecule is COC(=O)C(C)=CCOc1c(OC)cccc1OC. The third-order valence-corrected chi connectivity index (χ3v) is 2.51. The van der Waals surface area contributed by atoms with Gasteiger partial charge in [0, 0.05) is 5.57 Å². The van der Waals surface area contributed by atoms with Gasteiger partial charge in [0.15, 0.2) is 11.5 Å². The summed E-state index contributed by atoms with van der Waals surface area (Å²) in [5, 5.41) is 0. The fraction of sp³-hybridized carbons (Fsp3) is 0.357. The molecule has 0 amide bonds. The molecule has 1 aromatic carbocycles. The Bertz CT molecular complexity index is 443. The molecule has 5 heteroatoms. The number of carbonyl (C=O) groups excluding carboxylic acids is 1. The maximum Gasteiger partial charge on any atom is 0.333 e. The minimum absolute atomic E-state index is 0.220. The molecule has 19 heavy (non-hydrogen) atoms. The summed E-state index contributed by atoms with van der Waals surface area (Å²) in [6.07, 6.45) is 1.64. The molecule has 1 aromatic rings. The Hall–Kier alpha value is -2.17. The van der Waals surface area contributed by atoms with Crippen LogP contribution in [0.4, 0.5) is 0 Å². The summed E-state index contributed by atoms with van der Waals surface area (Å²) in [6, 6.07) is 5.35. The van der Waals surface area contributed by atoms with Gasteiger partial charge in [0.05, 0.1) is 21.3 Å². The predicted molar refractivity (Wildman–Crippen MR) is 70.8 cm³/mol. The van der Waals surface area contributed by atoms with Crippen LogP contribution >= 0.6 is 0 Å². The summed E-state index contributed by atoms with van der Waals surface area (Å²) < 4.78 is 20.6. The molecule has 0 aliphatic rings. The van der Waals surface area contributed by atoms with Crippen molar-refractivity contribution in [3.63, 3.8) is 0 Å². The summed E-state index contributed by atoms with van der Waals surface area (Å²) in [4.78, 5) is 11.2. The van der Waals surface area contributed by atoms with Gasteiger partial charge in [0.25, 0.3) is 0 Å². The van der Waals surface area contributed by atoms with Gasteiger partial charge in [0.2, 0.25) is 5.75 Å². The highest BCUT2D eigenvalue weighted by molar-refractivity contribution is 5.87. The first-order valence-electron chi connectivity index (χ1n) is 5.72. The van der Waals surface area contributed by atoms with Crippen LogP contribution in [0.25, 0.3) is 0 Å². The van der Waals surface area contributed by atoms with E-state index in [0.29, 0.717) is 22.8 Å². The van der Waals surface area contributed by atoms with Gasteiger partial charge in [-0.3, -0.25) is 0 Å². The summed E-state index contributed by atoms with van der Waals surface area (Å²) >= 11 is 0. The van der Waals surface area contributed by atoms with Gasteiger partial charge in [0.1, 0.15) is 6.61 Å². The Kier molecular flexibility index (Phi) is 5.73. The molecule has 0 unspecified atom stereocenters. The zero-order chi connectivity index (χ0) is 14.3. The van der Waals surface area contributed by atoms with Crippen LogP contribution in [-0.4, -0.2) is 33.9 Å². The monoisotopic (exact) mass is 266 g/mol. The van der Waals surface area contributed by atoms with Crippen LogP contribution < -0.4 is 14.2 Å². The average Bonchev–Trinajstić information content (AvgIpc) is 2.46. The number of carbonyl (C=O) groups is 1. The van der Waals surface area contributed by atoms with Crippen molar-refractivity contribution >= 4 is 5.97 Å². The number of rotatable bonds is 6. The number of para-hydroxylation sites is 1. The fourth-order valence-corrected chi connectivity index (χ4v) is 1.45. The largest absolute Gasteiger partial charge is 0.493 e. The molecule has 0 spiro atoms. The highest BCUT2D eigenvalue weighted by Crippen LogP contribution is 2.36. The molecule has 0 fully saturated rings. The van der Waals surface area contributed by atoms with Crippen molar-refractivity contribution in [1.82, 2.24) is 0 Å². The van der Waals surface area contributed by atoms with Crippen molar-refractivity contribution in [1.29, 1.82) is 0 Å². The lowest BCUT2D eigenvalue weighted by atomic mass is 10.3. The van der Waals surface area contributed by atoms with Gasteiger partial charge >= 0.3 is 5.97 Å². The molecule has 0 bridgehead atoms. The molecule has 0 aliphatic heterocycles. The van der Waals surface area contributed by atoms with Gasteiger partial charge in [-0.05, 0) is 25.1 Å². The van der Waals surface area contributed by atoms with E-state index < -0.39 is 0 Å². The summed E-state index contributed by atoms with van der Waals surface area (Å²) in [5.74, 6) is 1.27. The number of hydrogen-bond donors (Lipinski definition) is 0. The van der Waals surface area contributed by atoms with E-state index in [1.165, 1.54) is 7.11 Å². The molecule has 1 rings (SSSR count). The fourth-order valence-electron chi connectivity index (χ4n) is 1.45. The van der Waals surface area contributed by atoms with E-state index in [2.05, 4.69) is 4.74 Å². The Balaban J connectivity index is 2.80. The maximum absolute atomic E-state index is 11.2. The van der Waals surface area contributed by atoms with E-state index in [4.69, 9.17) is 14.2 Å². The number of hydrogen-bond acceptors (Lipinski definition) is 5. The van der Waals surface area contributed by atoms with Gasteiger partial charge in [-0.25, -0.2) is 4.79 Å². The highest BCUT2D eigenvalue weighted by atomic mass is 16.5. The van der Waals surface area contributed by atoms with Gasteiger partial charge in [-0.2, -0.15) is 0 Å². The van der Waals surface area contributed by atoms with E-state index in [0.717, 1.165) is 0 Å². The lowest BCUT2D eigenvalue weighted by Crippen LogP contribution is -2.05. The molecule has 0 saturated carbocycles. The van der Waals surface area contributed by atoms with Gasteiger partial charge in [-0.15, -0.1) is 0 Å². The van der Waals surface area contributed by atoms with Crippen LogP contribution in [0, 0.1) is 0 Å². The Labute approximate surface area is 112 Å². The Morgan fingerprint density at radius 3 is 2.21 bits per heavy atom. The highest BCUT2D eigenvalue weighted by Gasteiger charge is 2.10. The summed E-state index contributed by atoms with van der Waals surface area (Å²) in [5.41, 5.74) is 0.483. The van der Waals surface area contributed by atoms with Crippen LogP contribution in [0.2, 0.25) is 0 Å². The maximum atomic E-state index is 11.2. The first-order valence-corrected chi connectivity index (χ1v) is 5.72. The molecule has 0 atom stereocenters. The zero-order valence-corrected chi connectivity index (χ0v) is 11.6. The second kappa shape index (κ2) is 7.31. The molecular formula is C14H18O5. The van der Waals surface area contributed by atoms with E-state index in [-0.39, 0.29) is 12.6 Å². The summed E-state index contributed by atoms with van der Waals surface area (Å²) in [7, 11) is 4.44. The molecule has 5 nitrogen and oxygen atoms in total. The van der Waals surface area contributed by atoms with Crippen molar-refractivity contribution in [3.8, 4) is 17.2 Å². The first-order chi connectivity index (χ1) is 9.13. The predicted octanol–water partition coefficient (Wildman–Crippen LogP) is 2.20. The smallest absolute Gasteiger partial charge is 0.333 e. The van der Waals surface area contributed by atoms with Crippen molar-refractivity contribution in [3.05, 3.63) is 29.8 Å². The van der Waals surface area contributed by atoms with Crippen molar-refractivity contribution < 1.29 is 23.7 Å².